The number of fused-ring (bicyclic) bond motifs is 2. The number of nitrogens with one attached hydrogen (secondary N) is 2. The first-order valence-corrected chi connectivity index (χ1v) is 10.4. The molecule has 1 aromatic heterocycles. The van der Waals surface area contributed by atoms with Crippen molar-refractivity contribution < 1.29 is 14.3 Å². The second kappa shape index (κ2) is 7.45. The molecule has 2 aromatic carbocycles. The molecule has 1 aliphatic heterocycles. The zero-order chi connectivity index (χ0) is 22.4. The number of benzene rings is 2. The van der Waals surface area contributed by atoms with Crippen molar-refractivity contribution in [2.45, 2.75) is 52.1 Å². The molecule has 0 fully saturated rings. The van der Waals surface area contributed by atoms with E-state index in [4.69, 9.17) is 9.47 Å². The third-order valence-electron chi connectivity index (χ3n) is 5.35. The molecule has 3 aromatic rings. The summed E-state index contributed by atoms with van der Waals surface area (Å²) in [5.41, 5.74) is 2.72. The molecule has 162 valence electrons. The van der Waals surface area contributed by atoms with Gasteiger partial charge in [-0.05, 0) is 43.0 Å². The summed E-state index contributed by atoms with van der Waals surface area (Å²) in [6, 6.07) is 12.9. The molecule has 2 N–H and O–H groups in total. The number of pyridine rings is 1. The van der Waals surface area contributed by atoms with E-state index in [0.717, 1.165) is 22.9 Å². The summed E-state index contributed by atoms with van der Waals surface area (Å²) >= 11 is 0. The zero-order valence-corrected chi connectivity index (χ0v) is 18.6. The summed E-state index contributed by atoms with van der Waals surface area (Å²) in [5.74, 6) is 0.984. The first kappa shape index (κ1) is 21.0. The van der Waals surface area contributed by atoms with E-state index in [0.29, 0.717) is 22.7 Å². The summed E-state index contributed by atoms with van der Waals surface area (Å²) in [6.07, 6.45) is 0.803. The van der Waals surface area contributed by atoms with E-state index in [1.54, 1.807) is 12.1 Å². The van der Waals surface area contributed by atoms with E-state index < -0.39 is 0 Å². The Morgan fingerprint density at radius 2 is 1.97 bits per heavy atom. The summed E-state index contributed by atoms with van der Waals surface area (Å²) in [5, 5.41) is 3.80. The third-order valence-corrected chi connectivity index (χ3v) is 5.35. The molecule has 0 atom stereocenters. The molecule has 4 rings (SSSR count). The van der Waals surface area contributed by atoms with Crippen molar-refractivity contribution in [3.8, 4) is 11.5 Å². The van der Waals surface area contributed by atoms with E-state index in [1.165, 1.54) is 0 Å². The van der Waals surface area contributed by atoms with Crippen molar-refractivity contribution in [3.05, 3.63) is 63.9 Å². The molecule has 0 bridgehead atoms. The van der Waals surface area contributed by atoms with Crippen molar-refractivity contribution in [2.75, 3.05) is 11.9 Å². The molecule has 0 spiro atoms. The fourth-order valence-corrected chi connectivity index (χ4v) is 4.00. The zero-order valence-electron chi connectivity index (χ0n) is 18.6. The van der Waals surface area contributed by atoms with Gasteiger partial charge in [0.15, 0.2) is 18.1 Å². The third kappa shape index (κ3) is 4.43. The number of rotatable bonds is 4. The van der Waals surface area contributed by atoms with Crippen molar-refractivity contribution in [1.29, 1.82) is 0 Å². The van der Waals surface area contributed by atoms with Crippen molar-refractivity contribution in [2.24, 2.45) is 0 Å². The second-order valence-electron chi connectivity index (χ2n) is 9.68. The van der Waals surface area contributed by atoms with Crippen LogP contribution in [0.3, 0.4) is 0 Å². The van der Waals surface area contributed by atoms with Crippen molar-refractivity contribution in [1.82, 2.24) is 4.98 Å². The van der Waals surface area contributed by atoms with Gasteiger partial charge in [0, 0.05) is 29.1 Å². The number of H-pyrrole nitrogens is 1. The van der Waals surface area contributed by atoms with Crippen LogP contribution in [0.4, 0.5) is 5.69 Å². The number of carbonyl (C=O) groups is 1. The van der Waals surface area contributed by atoms with Gasteiger partial charge in [-0.15, -0.1) is 0 Å². The lowest BCUT2D eigenvalue weighted by Gasteiger charge is -2.21. The second-order valence-corrected chi connectivity index (χ2v) is 9.68. The lowest BCUT2D eigenvalue weighted by molar-refractivity contribution is -0.118. The lowest BCUT2D eigenvalue weighted by Crippen LogP contribution is -2.25. The highest BCUT2D eigenvalue weighted by Gasteiger charge is 2.32. The average molecular weight is 421 g/mol. The largest absolute Gasteiger partial charge is 0.483 e. The topological polar surface area (TPSA) is 80.4 Å². The molecule has 0 aliphatic carbocycles. The Balaban J connectivity index is 1.49. The Labute approximate surface area is 181 Å². The van der Waals surface area contributed by atoms with Gasteiger partial charge in [0.1, 0.15) is 5.60 Å². The SMILES string of the molecule is CC1(C)Cc2cccc(OCC(=O)Nc3ccc4c(C(C)(C)C)cc(=O)[nH]c4c3)c2O1. The molecule has 2 heterocycles. The monoisotopic (exact) mass is 420 g/mol. The van der Waals surface area contributed by atoms with Crippen molar-refractivity contribution >= 4 is 22.5 Å². The quantitative estimate of drug-likeness (QED) is 0.649. The van der Waals surface area contributed by atoms with Gasteiger partial charge in [0.2, 0.25) is 5.56 Å². The molecule has 0 radical (unpaired) electrons. The van der Waals surface area contributed by atoms with Gasteiger partial charge in [0.05, 0.1) is 5.52 Å². The Bertz CT molecular complexity index is 1220. The van der Waals surface area contributed by atoms with E-state index >= 15 is 0 Å². The van der Waals surface area contributed by atoms with Crippen molar-refractivity contribution in [3.63, 3.8) is 0 Å². The Hall–Kier alpha value is -3.28. The number of para-hydroxylation sites is 1. The van der Waals surface area contributed by atoms with Crippen LogP contribution >= 0.6 is 0 Å². The van der Waals surface area contributed by atoms with Gasteiger partial charge in [0.25, 0.3) is 5.91 Å². The van der Waals surface area contributed by atoms with Crippen LogP contribution in [0.1, 0.15) is 45.7 Å². The van der Waals surface area contributed by atoms with Gasteiger partial charge >= 0.3 is 0 Å². The molecule has 0 unspecified atom stereocenters. The Kier molecular flexibility index (Phi) is 5.04. The van der Waals surface area contributed by atoms with E-state index in [2.05, 4.69) is 31.1 Å². The molecule has 1 amide bonds. The van der Waals surface area contributed by atoms with Crippen LogP contribution in [0.2, 0.25) is 0 Å². The van der Waals surface area contributed by atoms with Crippen LogP contribution in [0, 0.1) is 0 Å². The maximum atomic E-state index is 12.5. The van der Waals surface area contributed by atoms with Crippen LogP contribution in [-0.4, -0.2) is 23.1 Å². The molecule has 0 saturated carbocycles. The van der Waals surface area contributed by atoms with Crippen LogP contribution in [-0.2, 0) is 16.6 Å². The Morgan fingerprint density at radius 1 is 1.19 bits per heavy atom. The molecule has 31 heavy (non-hydrogen) atoms. The fraction of sp³-hybridized carbons (Fsp3) is 0.360. The number of aromatic nitrogens is 1. The number of amides is 1. The molecular weight excluding hydrogens is 392 g/mol. The van der Waals surface area contributed by atoms with E-state index in [-0.39, 0.29) is 29.1 Å². The van der Waals surface area contributed by atoms with E-state index in [1.807, 2.05) is 44.2 Å². The highest BCUT2D eigenvalue weighted by Crippen LogP contribution is 2.41. The number of aromatic amines is 1. The van der Waals surface area contributed by atoms with Gasteiger partial charge in [-0.1, -0.05) is 39.0 Å². The minimum absolute atomic E-state index is 0.142. The normalized spacial score (nSPS) is 14.7. The standard InChI is InChI=1S/C25H28N2O4/c1-24(2,3)18-12-21(28)27-19-11-16(9-10-17(18)19)26-22(29)14-30-20-8-6-7-15-13-25(4,5)31-23(15)20/h6-12H,13-14H2,1-5H3,(H,26,29)(H,27,28). The first-order valence-electron chi connectivity index (χ1n) is 10.4. The van der Waals surface area contributed by atoms with Gasteiger partial charge in [-0.25, -0.2) is 0 Å². The predicted molar refractivity (Wildman–Crippen MR) is 122 cm³/mol. The number of ether oxygens (including phenoxy) is 2. The number of hydrogen-bond acceptors (Lipinski definition) is 4. The summed E-state index contributed by atoms with van der Waals surface area (Å²) in [7, 11) is 0. The van der Waals surface area contributed by atoms with Crippen LogP contribution < -0.4 is 20.3 Å². The Morgan fingerprint density at radius 3 is 2.71 bits per heavy atom. The maximum Gasteiger partial charge on any atom is 0.262 e. The first-order chi connectivity index (χ1) is 14.5. The number of carbonyl (C=O) groups excluding carboxylic acids is 1. The molecule has 0 saturated heterocycles. The minimum atomic E-state index is -0.288. The smallest absolute Gasteiger partial charge is 0.262 e. The predicted octanol–water partition coefficient (Wildman–Crippen LogP) is 4.56. The molecule has 1 aliphatic rings. The van der Waals surface area contributed by atoms with Crippen LogP contribution in [0.15, 0.2) is 47.3 Å². The van der Waals surface area contributed by atoms with Gasteiger partial charge < -0.3 is 19.8 Å². The summed E-state index contributed by atoms with van der Waals surface area (Å²) in [4.78, 5) is 27.5. The molecule has 6 nitrogen and oxygen atoms in total. The summed E-state index contributed by atoms with van der Waals surface area (Å²) in [6.45, 7) is 10.1. The molecule has 6 heteroatoms. The van der Waals surface area contributed by atoms with E-state index in [9.17, 15) is 9.59 Å². The average Bonchev–Trinajstić information content (AvgIpc) is 2.99. The van der Waals surface area contributed by atoms with Gasteiger partial charge in [-0.3, -0.25) is 9.59 Å². The number of anilines is 1. The van der Waals surface area contributed by atoms with Gasteiger partial charge in [-0.2, -0.15) is 0 Å². The number of hydrogen-bond donors (Lipinski definition) is 2. The van der Waals surface area contributed by atoms with Crippen LogP contribution in [0.25, 0.3) is 10.9 Å². The minimum Gasteiger partial charge on any atom is -0.483 e. The summed E-state index contributed by atoms with van der Waals surface area (Å²) < 4.78 is 11.7. The molecular formula is C25H28N2O4. The highest BCUT2D eigenvalue weighted by atomic mass is 16.5. The highest BCUT2D eigenvalue weighted by molar-refractivity contribution is 5.95. The lowest BCUT2D eigenvalue weighted by atomic mass is 9.85. The maximum absolute atomic E-state index is 12.5. The van der Waals surface area contributed by atoms with Crippen LogP contribution in [0.5, 0.6) is 11.5 Å². The fourth-order valence-electron chi connectivity index (χ4n) is 4.00.